The van der Waals surface area contributed by atoms with Crippen LogP contribution in [0.5, 0.6) is 0 Å². The zero-order valence-corrected chi connectivity index (χ0v) is 21.3. The van der Waals surface area contributed by atoms with E-state index in [0.717, 1.165) is 40.3 Å². The van der Waals surface area contributed by atoms with Crippen LogP contribution in [0.2, 0.25) is 5.02 Å². The van der Waals surface area contributed by atoms with Gasteiger partial charge < -0.3 is 10.2 Å². The van der Waals surface area contributed by atoms with Gasteiger partial charge in [0, 0.05) is 10.9 Å². The van der Waals surface area contributed by atoms with Crippen molar-refractivity contribution in [3.8, 4) is 0 Å². The van der Waals surface area contributed by atoms with Gasteiger partial charge in [-0.1, -0.05) is 72.3 Å². The van der Waals surface area contributed by atoms with Crippen LogP contribution in [0.4, 0.5) is 0 Å². The topological polar surface area (TPSA) is 74.6 Å². The Bertz CT molecular complexity index is 1810. The number of carboxylic acid groups (broad SMARTS) is 2. The second kappa shape index (κ2) is 9.62. The van der Waals surface area contributed by atoms with Gasteiger partial charge in [-0.15, -0.1) is 0 Å². The molecule has 0 bridgehead atoms. The molecule has 4 nitrogen and oxygen atoms in total. The van der Waals surface area contributed by atoms with Crippen LogP contribution in [-0.4, -0.2) is 22.2 Å². The van der Waals surface area contributed by atoms with Crippen molar-refractivity contribution < 1.29 is 19.8 Å². The van der Waals surface area contributed by atoms with E-state index >= 15 is 0 Å². The predicted octanol–water partition coefficient (Wildman–Crippen LogP) is 5.46. The molecule has 0 aromatic heterocycles. The molecule has 0 heterocycles. The minimum Gasteiger partial charge on any atom is -0.478 e. The minimum absolute atomic E-state index is 0.0247. The second-order valence-corrected chi connectivity index (χ2v) is 10.4. The van der Waals surface area contributed by atoms with Gasteiger partial charge in [0.2, 0.25) is 0 Å². The quantitative estimate of drug-likeness (QED) is 0.366. The molecular formula is C33H25ClO4. The van der Waals surface area contributed by atoms with E-state index in [-0.39, 0.29) is 17.5 Å². The summed E-state index contributed by atoms with van der Waals surface area (Å²) in [6, 6.07) is 23.1. The van der Waals surface area contributed by atoms with Gasteiger partial charge in [0.25, 0.3) is 0 Å². The van der Waals surface area contributed by atoms with Crippen molar-refractivity contribution >= 4 is 35.7 Å². The maximum Gasteiger partial charge on any atom is 0.336 e. The van der Waals surface area contributed by atoms with Gasteiger partial charge in [0.15, 0.2) is 0 Å². The first-order valence-corrected chi connectivity index (χ1v) is 13.1. The Hall–Kier alpha value is -4.15. The van der Waals surface area contributed by atoms with E-state index in [2.05, 4.69) is 48.6 Å². The van der Waals surface area contributed by atoms with E-state index in [1.807, 2.05) is 18.2 Å². The third-order valence-electron chi connectivity index (χ3n) is 7.80. The molecule has 2 aliphatic rings. The highest BCUT2D eigenvalue weighted by Crippen LogP contribution is 2.29. The molecular weight excluding hydrogens is 496 g/mol. The lowest BCUT2D eigenvalue weighted by molar-refractivity contribution is 0.0696. The molecule has 0 amide bonds. The van der Waals surface area contributed by atoms with Gasteiger partial charge in [-0.05, 0) is 98.6 Å². The molecule has 0 saturated heterocycles. The molecule has 0 saturated carbocycles. The van der Waals surface area contributed by atoms with Crippen LogP contribution < -0.4 is 10.4 Å². The van der Waals surface area contributed by atoms with Crippen molar-refractivity contribution in [2.75, 3.05) is 0 Å². The average molecular weight is 521 g/mol. The summed E-state index contributed by atoms with van der Waals surface area (Å²) in [6.45, 7) is 0. The Morgan fingerprint density at radius 2 is 1.53 bits per heavy atom. The molecule has 1 unspecified atom stereocenters. The lowest BCUT2D eigenvalue weighted by Gasteiger charge is -2.22. The second-order valence-electron chi connectivity index (χ2n) is 9.97. The van der Waals surface area contributed by atoms with E-state index in [9.17, 15) is 19.8 Å². The number of benzene rings is 4. The molecule has 188 valence electrons. The fourth-order valence-corrected chi connectivity index (χ4v) is 6.08. The van der Waals surface area contributed by atoms with Gasteiger partial charge in [0.1, 0.15) is 0 Å². The number of hydrogen-bond donors (Lipinski definition) is 2. The Morgan fingerprint density at radius 1 is 0.816 bits per heavy atom. The molecule has 38 heavy (non-hydrogen) atoms. The molecule has 4 aromatic rings. The third-order valence-corrected chi connectivity index (χ3v) is 8.05. The van der Waals surface area contributed by atoms with Crippen molar-refractivity contribution in [1.82, 2.24) is 0 Å². The fourth-order valence-electron chi connectivity index (χ4n) is 5.95. The van der Waals surface area contributed by atoms with E-state index in [0.29, 0.717) is 11.5 Å². The number of aromatic carboxylic acids is 2. The molecule has 0 spiro atoms. The summed E-state index contributed by atoms with van der Waals surface area (Å²) in [5.74, 6) is -1.87. The molecule has 4 aromatic carbocycles. The number of carboxylic acids is 2. The average Bonchev–Trinajstić information content (AvgIpc) is 2.92. The first-order valence-electron chi connectivity index (χ1n) is 12.7. The van der Waals surface area contributed by atoms with Crippen molar-refractivity contribution in [1.29, 1.82) is 0 Å². The summed E-state index contributed by atoms with van der Waals surface area (Å²) >= 11 is 6.08. The van der Waals surface area contributed by atoms with Crippen LogP contribution in [0.25, 0.3) is 12.2 Å². The normalized spacial score (nSPS) is 15.3. The highest BCUT2D eigenvalue weighted by Gasteiger charge is 2.20. The standard InChI is InChI=1S/C33H25ClO4/c34-24-10-5-20(6-11-24)21-7-13-26-23(18-21)9-15-27-25-12-4-19(16-22(25)8-14-28(26)27)17-31-29(32(35)36)2-1-3-30(31)33(37)38/h1-6,8-12,15-16,18,21H,7,13-14,17H2,(H,35,36)(H,37,38). The Labute approximate surface area is 224 Å². The summed E-state index contributed by atoms with van der Waals surface area (Å²) < 4.78 is 0. The monoisotopic (exact) mass is 520 g/mol. The number of rotatable bonds is 5. The number of halogens is 1. The summed E-state index contributed by atoms with van der Waals surface area (Å²) in [6.07, 6.45) is 7.76. The first-order chi connectivity index (χ1) is 18.4. The number of hydrogen-bond acceptors (Lipinski definition) is 2. The molecule has 0 fully saturated rings. The van der Waals surface area contributed by atoms with E-state index in [4.69, 9.17) is 11.6 Å². The number of carbonyl (C=O) groups is 2. The highest BCUT2D eigenvalue weighted by atomic mass is 35.5. The van der Waals surface area contributed by atoms with E-state index < -0.39 is 11.9 Å². The Kier molecular flexibility index (Phi) is 6.13. The van der Waals surface area contributed by atoms with Crippen molar-refractivity contribution in [3.05, 3.63) is 138 Å². The van der Waals surface area contributed by atoms with Crippen LogP contribution >= 0.6 is 11.6 Å². The summed E-state index contributed by atoms with van der Waals surface area (Å²) in [7, 11) is 0. The van der Waals surface area contributed by atoms with Crippen LogP contribution in [0.1, 0.15) is 60.9 Å². The molecule has 6 rings (SSSR count). The Morgan fingerprint density at radius 3 is 2.24 bits per heavy atom. The Balaban J connectivity index is 1.41. The van der Waals surface area contributed by atoms with Gasteiger partial charge in [-0.3, -0.25) is 0 Å². The van der Waals surface area contributed by atoms with E-state index in [1.165, 1.54) is 45.3 Å². The van der Waals surface area contributed by atoms with Crippen LogP contribution in [-0.2, 0) is 19.3 Å². The summed E-state index contributed by atoms with van der Waals surface area (Å²) in [4.78, 5) is 23.6. The van der Waals surface area contributed by atoms with Crippen LogP contribution in [0.3, 0.4) is 0 Å². The smallest absolute Gasteiger partial charge is 0.336 e. The predicted molar refractivity (Wildman–Crippen MR) is 148 cm³/mol. The van der Waals surface area contributed by atoms with Crippen LogP contribution in [0, 0.1) is 10.4 Å². The lowest BCUT2D eigenvalue weighted by Crippen LogP contribution is -2.22. The van der Waals surface area contributed by atoms with Gasteiger partial charge in [-0.2, -0.15) is 0 Å². The maximum atomic E-state index is 11.8. The summed E-state index contributed by atoms with van der Waals surface area (Å²) in [5.41, 5.74) is 5.34. The zero-order valence-electron chi connectivity index (χ0n) is 20.6. The van der Waals surface area contributed by atoms with Crippen LogP contribution in [0.15, 0.2) is 72.8 Å². The zero-order chi connectivity index (χ0) is 26.4. The summed E-state index contributed by atoms with van der Waals surface area (Å²) in [5, 5.41) is 24.8. The molecule has 0 radical (unpaired) electrons. The largest absolute Gasteiger partial charge is 0.478 e. The van der Waals surface area contributed by atoms with Crippen molar-refractivity contribution in [2.45, 2.75) is 31.6 Å². The molecule has 2 N–H and O–H groups in total. The van der Waals surface area contributed by atoms with Gasteiger partial charge >= 0.3 is 11.9 Å². The van der Waals surface area contributed by atoms with Crippen molar-refractivity contribution in [3.63, 3.8) is 0 Å². The lowest BCUT2D eigenvalue weighted by atomic mass is 9.82. The first kappa shape index (κ1) is 24.2. The van der Waals surface area contributed by atoms with Crippen molar-refractivity contribution in [2.24, 2.45) is 0 Å². The van der Waals surface area contributed by atoms with Gasteiger partial charge in [-0.25, -0.2) is 9.59 Å². The molecule has 1 atom stereocenters. The molecule has 2 aliphatic carbocycles. The SMILES string of the molecule is O=C(O)c1cccc(C(=O)O)c1Cc1ccc2c(c1)=CCc1c3c(ccc1=2)=CC(c1ccc(Cl)cc1)CC3. The van der Waals surface area contributed by atoms with E-state index in [1.54, 1.807) is 0 Å². The highest BCUT2D eigenvalue weighted by molar-refractivity contribution is 6.30. The number of fused-ring (bicyclic) bond motifs is 4. The molecule has 5 heteroatoms. The minimum atomic E-state index is -1.12. The maximum absolute atomic E-state index is 11.8. The fraction of sp³-hybridized carbons (Fsp3) is 0.152. The third kappa shape index (κ3) is 4.31. The molecule has 0 aliphatic heterocycles. The van der Waals surface area contributed by atoms with Gasteiger partial charge in [0.05, 0.1) is 11.1 Å².